The lowest BCUT2D eigenvalue weighted by Gasteiger charge is -2.11. The molecule has 1 N–H and O–H groups in total. The number of ether oxygens (including phenoxy) is 2. The molecule has 3 rings (SSSR count). The van der Waals surface area contributed by atoms with Gasteiger partial charge in [-0.05, 0) is 56.2 Å². The van der Waals surface area contributed by atoms with E-state index in [-0.39, 0.29) is 5.97 Å². The monoisotopic (exact) mass is 417 g/mol. The van der Waals surface area contributed by atoms with Crippen LogP contribution in [0.2, 0.25) is 0 Å². The number of hydrogen-bond acceptors (Lipinski definition) is 6. The molecule has 0 saturated heterocycles. The van der Waals surface area contributed by atoms with Crippen LogP contribution >= 0.6 is 0 Å². The number of nitrogens with one attached hydrogen (secondary N) is 1. The predicted molar refractivity (Wildman–Crippen MR) is 122 cm³/mol. The standard InChI is InChI=1S/C25H27N3O3/c1-3-19-10-9-11-20(16-19)28-25-22-17-21(13-14-23(22)26-18-27-25)31-15-8-6-5-7-12-24(29)30-4-2/h1,9-11,13-14,16-18H,4-8,12,15H2,2H3,(H,26,27,28). The molecular formula is C25H27N3O3. The minimum Gasteiger partial charge on any atom is -0.494 e. The zero-order valence-electron chi connectivity index (χ0n) is 17.8. The number of benzene rings is 2. The first-order valence-corrected chi connectivity index (χ1v) is 10.6. The number of anilines is 2. The van der Waals surface area contributed by atoms with Gasteiger partial charge in [-0.3, -0.25) is 4.79 Å². The Kier molecular flexibility index (Phi) is 8.24. The van der Waals surface area contributed by atoms with E-state index in [2.05, 4.69) is 21.2 Å². The maximum atomic E-state index is 11.3. The number of carbonyl (C=O) groups is 1. The molecule has 0 aliphatic heterocycles. The lowest BCUT2D eigenvalue weighted by molar-refractivity contribution is -0.143. The Balaban J connectivity index is 1.55. The van der Waals surface area contributed by atoms with E-state index in [1.165, 1.54) is 6.33 Å². The average Bonchev–Trinajstić information content (AvgIpc) is 2.79. The van der Waals surface area contributed by atoms with Crippen LogP contribution in [0.1, 0.15) is 44.6 Å². The van der Waals surface area contributed by atoms with Gasteiger partial charge in [-0.2, -0.15) is 0 Å². The lowest BCUT2D eigenvalue weighted by atomic mass is 10.1. The van der Waals surface area contributed by atoms with Crippen LogP contribution in [0, 0.1) is 12.3 Å². The highest BCUT2D eigenvalue weighted by Gasteiger charge is 2.07. The van der Waals surface area contributed by atoms with Crippen molar-refractivity contribution in [2.24, 2.45) is 0 Å². The zero-order chi connectivity index (χ0) is 21.9. The second-order valence-electron chi connectivity index (χ2n) is 7.07. The molecule has 0 spiro atoms. The molecule has 3 aromatic rings. The molecule has 0 radical (unpaired) electrons. The van der Waals surface area contributed by atoms with Crippen molar-refractivity contribution in [3.63, 3.8) is 0 Å². The van der Waals surface area contributed by atoms with Gasteiger partial charge in [-0.25, -0.2) is 9.97 Å². The summed E-state index contributed by atoms with van der Waals surface area (Å²) < 4.78 is 10.9. The molecule has 1 aromatic heterocycles. The normalized spacial score (nSPS) is 10.5. The summed E-state index contributed by atoms with van der Waals surface area (Å²) in [7, 11) is 0. The van der Waals surface area contributed by atoms with Crippen LogP contribution in [0.5, 0.6) is 5.75 Å². The molecule has 0 amide bonds. The lowest BCUT2D eigenvalue weighted by Crippen LogP contribution is -2.03. The van der Waals surface area contributed by atoms with Crippen molar-refractivity contribution in [1.82, 2.24) is 9.97 Å². The van der Waals surface area contributed by atoms with Crippen LogP contribution < -0.4 is 10.1 Å². The Bertz CT molecular complexity index is 1060. The Hall–Kier alpha value is -3.59. The number of aromatic nitrogens is 2. The van der Waals surface area contributed by atoms with Gasteiger partial charge >= 0.3 is 5.97 Å². The summed E-state index contributed by atoms with van der Waals surface area (Å²) in [6.45, 7) is 2.88. The molecule has 160 valence electrons. The van der Waals surface area contributed by atoms with Gasteiger partial charge in [0.25, 0.3) is 0 Å². The number of rotatable bonds is 11. The van der Waals surface area contributed by atoms with E-state index < -0.39 is 0 Å². The SMILES string of the molecule is C#Cc1cccc(Nc2ncnc3ccc(OCCCCCCC(=O)OCC)cc23)c1. The van der Waals surface area contributed by atoms with E-state index in [1.807, 2.05) is 49.4 Å². The molecule has 6 nitrogen and oxygen atoms in total. The molecule has 0 fully saturated rings. The Morgan fingerprint density at radius 2 is 1.97 bits per heavy atom. The molecule has 0 aliphatic rings. The summed E-state index contributed by atoms with van der Waals surface area (Å²) in [5.74, 6) is 3.99. The highest BCUT2D eigenvalue weighted by atomic mass is 16.5. The third-order valence-electron chi connectivity index (χ3n) is 4.75. The fourth-order valence-corrected chi connectivity index (χ4v) is 3.20. The molecule has 0 saturated carbocycles. The van der Waals surface area contributed by atoms with Gasteiger partial charge in [0.05, 0.1) is 18.7 Å². The third-order valence-corrected chi connectivity index (χ3v) is 4.75. The van der Waals surface area contributed by atoms with Crippen molar-refractivity contribution < 1.29 is 14.3 Å². The summed E-state index contributed by atoms with van der Waals surface area (Å²) in [6.07, 6.45) is 11.3. The Labute approximate surface area is 183 Å². The van der Waals surface area contributed by atoms with E-state index >= 15 is 0 Å². The summed E-state index contributed by atoms with van der Waals surface area (Å²) >= 11 is 0. The molecular weight excluding hydrogens is 390 g/mol. The van der Waals surface area contributed by atoms with Crippen LogP contribution in [0.15, 0.2) is 48.8 Å². The van der Waals surface area contributed by atoms with E-state index in [4.69, 9.17) is 15.9 Å². The van der Waals surface area contributed by atoms with Gasteiger partial charge in [-0.1, -0.05) is 24.8 Å². The first-order valence-electron chi connectivity index (χ1n) is 10.6. The number of terminal acetylenes is 1. The van der Waals surface area contributed by atoms with Crippen molar-refractivity contribution in [3.05, 3.63) is 54.4 Å². The topological polar surface area (TPSA) is 73.3 Å². The van der Waals surface area contributed by atoms with Crippen LogP contribution in [0.25, 0.3) is 10.9 Å². The number of nitrogens with zero attached hydrogens (tertiary/aromatic N) is 2. The predicted octanol–water partition coefficient (Wildman–Crippen LogP) is 5.25. The largest absolute Gasteiger partial charge is 0.494 e. The van der Waals surface area contributed by atoms with Gasteiger partial charge in [0.1, 0.15) is 17.9 Å². The molecule has 1 heterocycles. The van der Waals surface area contributed by atoms with Gasteiger partial charge in [0, 0.05) is 23.1 Å². The van der Waals surface area contributed by atoms with Crippen molar-refractivity contribution in [2.45, 2.75) is 39.0 Å². The Morgan fingerprint density at radius 3 is 2.81 bits per heavy atom. The number of fused-ring (bicyclic) bond motifs is 1. The second kappa shape index (κ2) is 11.6. The average molecular weight is 418 g/mol. The summed E-state index contributed by atoms with van der Waals surface area (Å²) in [4.78, 5) is 20.1. The highest BCUT2D eigenvalue weighted by molar-refractivity contribution is 5.91. The molecule has 0 unspecified atom stereocenters. The van der Waals surface area contributed by atoms with Crippen LogP contribution in [-0.4, -0.2) is 29.2 Å². The number of esters is 1. The fraction of sp³-hybridized carbons (Fsp3) is 0.320. The molecule has 6 heteroatoms. The summed E-state index contributed by atoms with van der Waals surface area (Å²) in [6, 6.07) is 13.4. The minimum atomic E-state index is -0.118. The van der Waals surface area contributed by atoms with E-state index in [0.29, 0.717) is 25.5 Å². The number of carbonyl (C=O) groups excluding carboxylic acids is 1. The van der Waals surface area contributed by atoms with Crippen LogP contribution in [-0.2, 0) is 9.53 Å². The van der Waals surface area contributed by atoms with Crippen molar-refractivity contribution in [3.8, 4) is 18.1 Å². The number of hydrogen-bond donors (Lipinski definition) is 1. The summed E-state index contributed by atoms with van der Waals surface area (Å²) in [5.41, 5.74) is 2.50. The highest BCUT2D eigenvalue weighted by Crippen LogP contribution is 2.27. The third kappa shape index (κ3) is 6.71. The zero-order valence-corrected chi connectivity index (χ0v) is 17.8. The Morgan fingerprint density at radius 1 is 1.10 bits per heavy atom. The van der Waals surface area contributed by atoms with Crippen molar-refractivity contribution in [1.29, 1.82) is 0 Å². The van der Waals surface area contributed by atoms with Crippen LogP contribution in [0.3, 0.4) is 0 Å². The maximum absolute atomic E-state index is 11.3. The van der Waals surface area contributed by atoms with Gasteiger partial charge in [-0.15, -0.1) is 6.42 Å². The van der Waals surface area contributed by atoms with Crippen LogP contribution in [0.4, 0.5) is 11.5 Å². The first-order chi connectivity index (χ1) is 15.2. The smallest absolute Gasteiger partial charge is 0.305 e. The molecule has 2 aromatic carbocycles. The molecule has 0 atom stereocenters. The minimum absolute atomic E-state index is 0.118. The van der Waals surface area contributed by atoms with Crippen molar-refractivity contribution >= 4 is 28.4 Å². The van der Waals surface area contributed by atoms with E-state index in [0.717, 1.165) is 53.6 Å². The fourth-order valence-electron chi connectivity index (χ4n) is 3.20. The molecule has 0 bridgehead atoms. The number of unbranched alkanes of at least 4 members (excludes halogenated alkanes) is 3. The van der Waals surface area contributed by atoms with Crippen molar-refractivity contribution in [2.75, 3.05) is 18.5 Å². The quantitative estimate of drug-likeness (QED) is 0.261. The second-order valence-corrected chi connectivity index (χ2v) is 7.07. The molecule has 0 aliphatic carbocycles. The van der Waals surface area contributed by atoms with Gasteiger partial charge in [0.2, 0.25) is 0 Å². The van der Waals surface area contributed by atoms with Gasteiger partial charge in [0.15, 0.2) is 0 Å². The summed E-state index contributed by atoms with van der Waals surface area (Å²) in [5, 5.41) is 4.19. The first kappa shape index (κ1) is 22.1. The van der Waals surface area contributed by atoms with E-state index in [9.17, 15) is 4.79 Å². The van der Waals surface area contributed by atoms with Gasteiger partial charge < -0.3 is 14.8 Å². The maximum Gasteiger partial charge on any atom is 0.305 e. The molecule has 31 heavy (non-hydrogen) atoms. The van der Waals surface area contributed by atoms with E-state index in [1.54, 1.807) is 0 Å².